The highest BCUT2D eigenvalue weighted by molar-refractivity contribution is 5.92. The van der Waals surface area contributed by atoms with Crippen LogP contribution >= 0.6 is 0 Å². The second kappa shape index (κ2) is 7.96. The molecular weight excluding hydrogens is 356 g/mol. The van der Waals surface area contributed by atoms with Gasteiger partial charge in [-0.05, 0) is 24.6 Å². The van der Waals surface area contributed by atoms with Gasteiger partial charge in [-0.3, -0.25) is 4.79 Å². The van der Waals surface area contributed by atoms with Gasteiger partial charge in [0.25, 0.3) is 5.91 Å². The van der Waals surface area contributed by atoms with Crippen molar-refractivity contribution in [1.82, 2.24) is 15.3 Å². The lowest BCUT2D eigenvalue weighted by Crippen LogP contribution is -2.27. The fraction of sp³-hybridized carbons (Fsp3) is 0.190. The molecule has 142 valence electrons. The van der Waals surface area contributed by atoms with E-state index in [1.165, 1.54) is 12.4 Å². The Balaban J connectivity index is 1.40. The summed E-state index contributed by atoms with van der Waals surface area (Å²) < 4.78 is 11.1. The molecular formula is C21H20N4O3. The van der Waals surface area contributed by atoms with Crippen molar-refractivity contribution in [3.63, 3.8) is 0 Å². The first-order valence-electron chi connectivity index (χ1n) is 9.03. The van der Waals surface area contributed by atoms with E-state index in [1.807, 2.05) is 55.5 Å². The predicted octanol–water partition coefficient (Wildman–Crippen LogP) is 3.48. The number of benzene rings is 2. The molecule has 0 aliphatic carbocycles. The van der Waals surface area contributed by atoms with Crippen molar-refractivity contribution in [2.75, 3.05) is 18.5 Å². The fourth-order valence-electron chi connectivity index (χ4n) is 2.87. The van der Waals surface area contributed by atoms with Gasteiger partial charge in [0.1, 0.15) is 24.7 Å². The highest BCUT2D eigenvalue weighted by atomic mass is 16.6. The molecule has 1 amide bonds. The van der Waals surface area contributed by atoms with Crippen LogP contribution in [0.25, 0.3) is 0 Å². The van der Waals surface area contributed by atoms with Gasteiger partial charge in [0.2, 0.25) is 0 Å². The summed E-state index contributed by atoms with van der Waals surface area (Å²) in [5.74, 6) is 1.68. The molecule has 1 aliphatic rings. The zero-order valence-corrected chi connectivity index (χ0v) is 15.4. The minimum atomic E-state index is -0.269. The Kier molecular flexibility index (Phi) is 5.05. The molecule has 0 radical (unpaired) electrons. The van der Waals surface area contributed by atoms with E-state index in [9.17, 15) is 4.79 Å². The average Bonchev–Trinajstić information content (AvgIpc) is 2.75. The quantitative estimate of drug-likeness (QED) is 0.709. The maximum atomic E-state index is 12.4. The summed E-state index contributed by atoms with van der Waals surface area (Å²) >= 11 is 0. The first-order valence-corrected chi connectivity index (χ1v) is 9.03. The van der Waals surface area contributed by atoms with Gasteiger partial charge in [-0.15, -0.1) is 0 Å². The Morgan fingerprint density at radius 1 is 1.00 bits per heavy atom. The summed E-state index contributed by atoms with van der Waals surface area (Å²) in [6, 6.07) is 15.2. The number of aromatic nitrogens is 2. The third-order valence-electron chi connectivity index (χ3n) is 4.35. The molecule has 28 heavy (non-hydrogen) atoms. The molecule has 1 aromatic heterocycles. The van der Waals surface area contributed by atoms with Crippen LogP contribution in [-0.4, -0.2) is 29.1 Å². The summed E-state index contributed by atoms with van der Waals surface area (Å²) in [6.07, 6.45) is 2.98. The van der Waals surface area contributed by atoms with Gasteiger partial charge < -0.3 is 20.1 Å². The van der Waals surface area contributed by atoms with Crippen LogP contribution in [0.5, 0.6) is 11.5 Å². The number of anilines is 2. The lowest BCUT2D eigenvalue weighted by molar-refractivity contribution is 0.0934. The molecule has 0 saturated carbocycles. The maximum Gasteiger partial charge on any atom is 0.271 e. The number of carbonyl (C=O) groups excluding carboxylic acids is 1. The molecule has 0 saturated heterocycles. The van der Waals surface area contributed by atoms with E-state index >= 15 is 0 Å². The molecule has 0 spiro atoms. The number of nitrogens with zero attached hydrogens (tertiary/aromatic N) is 2. The minimum absolute atomic E-state index is 0.119. The Labute approximate surface area is 162 Å². The van der Waals surface area contributed by atoms with Gasteiger partial charge >= 0.3 is 0 Å². The highest BCUT2D eigenvalue weighted by Crippen LogP contribution is 2.33. The van der Waals surface area contributed by atoms with Gasteiger partial charge in [0.15, 0.2) is 11.5 Å². The summed E-state index contributed by atoms with van der Waals surface area (Å²) in [7, 11) is 0. The number of fused-ring (bicyclic) bond motifs is 1. The molecule has 0 fully saturated rings. The van der Waals surface area contributed by atoms with Crippen molar-refractivity contribution in [1.29, 1.82) is 0 Å². The maximum absolute atomic E-state index is 12.4. The van der Waals surface area contributed by atoms with Gasteiger partial charge in [-0.1, -0.05) is 30.3 Å². The SMILES string of the molecule is CC(NC(=O)c1cnc(Nc2ccc3c(c2)OCCO3)cn1)c1ccccc1. The number of ether oxygens (including phenoxy) is 2. The number of amides is 1. The molecule has 7 nitrogen and oxygen atoms in total. The van der Waals surface area contributed by atoms with E-state index in [1.54, 1.807) is 0 Å². The number of carbonyl (C=O) groups is 1. The van der Waals surface area contributed by atoms with Crippen molar-refractivity contribution in [2.45, 2.75) is 13.0 Å². The van der Waals surface area contributed by atoms with E-state index in [2.05, 4.69) is 20.6 Å². The van der Waals surface area contributed by atoms with Gasteiger partial charge in [0, 0.05) is 11.8 Å². The fourth-order valence-corrected chi connectivity index (χ4v) is 2.87. The van der Waals surface area contributed by atoms with E-state index < -0.39 is 0 Å². The van der Waals surface area contributed by atoms with Crippen molar-refractivity contribution in [3.8, 4) is 11.5 Å². The summed E-state index contributed by atoms with van der Waals surface area (Å²) in [5, 5.41) is 6.07. The molecule has 2 aromatic carbocycles. The molecule has 7 heteroatoms. The summed E-state index contributed by atoms with van der Waals surface area (Å²) in [5.41, 5.74) is 2.09. The smallest absolute Gasteiger partial charge is 0.271 e. The Bertz CT molecular complexity index is 961. The lowest BCUT2D eigenvalue weighted by atomic mass is 10.1. The Morgan fingerprint density at radius 3 is 2.54 bits per heavy atom. The largest absolute Gasteiger partial charge is 0.486 e. The zero-order valence-electron chi connectivity index (χ0n) is 15.4. The Hall–Kier alpha value is -3.61. The topological polar surface area (TPSA) is 85.4 Å². The first-order chi connectivity index (χ1) is 13.7. The molecule has 0 bridgehead atoms. The summed E-state index contributed by atoms with van der Waals surface area (Å²) in [6.45, 7) is 3.01. The monoisotopic (exact) mass is 376 g/mol. The van der Waals surface area contributed by atoms with Crippen LogP contribution in [0.15, 0.2) is 60.9 Å². The van der Waals surface area contributed by atoms with Crippen LogP contribution in [0.1, 0.15) is 29.0 Å². The predicted molar refractivity (Wildman–Crippen MR) is 105 cm³/mol. The van der Waals surface area contributed by atoms with E-state index in [4.69, 9.17) is 9.47 Å². The molecule has 4 rings (SSSR count). The van der Waals surface area contributed by atoms with Gasteiger partial charge in [0.05, 0.1) is 18.4 Å². The summed E-state index contributed by atoms with van der Waals surface area (Å²) in [4.78, 5) is 20.9. The van der Waals surface area contributed by atoms with E-state index in [0.717, 1.165) is 17.0 Å². The highest BCUT2D eigenvalue weighted by Gasteiger charge is 2.14. The number of hydrogen-bond donors (Lipinski definition) is 2. The van der Waals surface area contributed by atoms with Crippen molar-refractivity contribution in [3.05, 3.63) is 72.2 Å². The second-order valence-corrected chi connectivity index (χ2v) is 6.38. The molecule has 2 heterocycles. The van der Waals surface area contributed by atoms with Crippen LogP contribution in [0.2, 0.25) is 0 Å². The number of rotatable bonds is 5. The van der Waals surface area contributed by atoms with E-state index in [0.29, 0.717) is 24.8 Å². The number of hydrogen-bond acceptors (Lipinski definition) is 6. The van der Waals surface area contributed by atoms with Crippen molar-refractivity contribution >= 4 is 17.4 Å². The molecule has 2 N–H and O–H groups in total. The standard InChI is InChI=1S/C21H20N4O3/c1-14(15-5-3-2-4-6-15)24-21(26)17-12-23-20(13-22-17)25-16-7-8-18-19(11-16)28-10-9-27-18/h2-8,11-14H,9-10H2,1H3,(H,23,25)(H,24,26). The van der Waals surface area contributed by atoms with Crippen molar-refractivity contribution < 1.29 is 14.3 Å². The van der Waals surface area contributed by atoms with Crippen LogP contribution in [0, 0.1) is 0 Å². The third kappa shape index (κ3) is 4.03. The number of nitrogens with one attached hydrogen (secondary N) is 2. The lowest BCUT2D eigenvalue weighted by Gasteiger charge is -2.19. The molecule has 3 aromatic rings. The van der Waals surface area contributed by atoms with E-state index in [-0.39, 0.29) is 17.6 Å². The molecule has 1 atom stereocenters. The molecule has 1 unspecified atom stereocenters. The first kappa shape index (κ1) is 17.8. The van der Waals surface area contributed by atoms with Crippen molar-refractivity contribution in [2.24, 2.45) is 0 Å². The normalized spacial score (nSPS) is 13.5. The van der Waals surface area contributed by atoms with Crippen LogP contribution in [0.3, 0.4) is 0 Å². The van der Waals surface area contributed by atoms with Crippen LogP contribution in [-0.2, 0) is 0 Å². The molecule has 1 aliphatic heterocycles. The van der Waals surface area contributed by atoms with Crippen LogP contribution in [0.4, 0.5) is 11.5 Å². The second-order valence-electron chi connectivity index (χ2n) is 6.38. The minimum Gasteiger partial charge on any atom is -0.486 e. The zero-order chi connectivity index (χ0) is 19.3. The van der Waals surface area contributed by atoms with Crippen LogP contribution < -0.4 is 20.1 Å². The van der Waals surface area contributed by atoms with Gasteiger partial charge in [-0.25, -0.2) is 9.97 Å². The Morgan fingerprint density at radius 2 is 1.79 bits per heavy atom. The van der Waals surface area contributed by atoms with Gasteiger partial charge in [-0.2, -0.15) is 0 Å². The third-order valence-corrected chi connectivity index (χ3v) is 4.35. The average molecular weight is 376 g/mol.